The second-order valence-electron chi connectivity index (χ2n) is 5.65. The predicted octanol–water partition coefficient (Wildman–Crippen LogP) is 4.66. The van der Waals surface area contributed by atoms with Crippen molar-refractivity contribution in [1.82, 2.24) is 9.88 Å². The summed E-state index contributed by atoms with van der Waals surface area (Å²) in [5.74, 6) is 0. The second-order valence-corrected chi connectivity index (χ2v) is 7.45. The van der Waals surface area contributed by atoms with Crippen LogP contribution in [0.2, 0.25) is 4.34 Å². The number of hydrogen-bond donors (Lipinski definition) is 1. The third kappa shape index (κ3) is 2.86. The van der Waals surface area contributed by atoms with Crippen LogP contribution in [0.15, 0.2) is 42.6 Å². The van der Waals surface area contributed by atoms with Gasteiger partial charge in [-0.15, -0.1) is 11.3 Å². The summed E-state index contributed by atoms with van der Waals surface area (Å²) in [5, 5.41) is 4.96. The molecule has 21 heavy (non-hydrogen) atoms. The van der Waals surface area contributed by atoms with Gasteiger partial charge in [-0.05, 0) is 42.7 Å². The molecule has 2 heterocycles. The zero-order valence-corrected chi connectivity index (χ0v) is 13.3. The number of hydrogen-bond acceptors (Lipinski definition) is 2. The number of thiophene rings is 1. The molecular weight excluding hydrogens is 300 g/mol. The van der Waals surface area contributed by atoms with Crippen molar-refractivity contribution in [2.75, 3.05) is 0 Å². The molecule has 0 unspecified atom stereocenters. The number of halogens is 1. The predicted molar refractivity (Wildman–Crippen MR) is 90.2 cm³/mol. The van der Waals surface area contributed by atoms with E-state index in [0.29, 0.717) is 0 Å². The number of benzene rings is 1. The van der Waals surface area contributed by atoms with Crippen molar-refractivity contribution < 1.29 is 0 Å². The van der Waals surface area contributed by atoms with Crippen molar-refractivity contribution in [2.45, 2.75) is 32.0 Å². The lowest BCUT2D eigenvalue weighted by atomic mass is 10.1. The van der Waals surface area contributed by atoms with Crippen LogP contribution in [0.4, 0.5) is 0 Å². The molecule has 3 aromatic rings. The first-order chi connectivity index (χ1) is 10.3. The van der Waals surface area contributed by atoms with Crippen LogP contribution in [0, 0.1) is 0 Å². The van der Waals surface area contributed by atoms with Gasteiger partial charge in [0, 0.05) is 34.6 Å². The van der Waals surface area contributed by atoms with E-state index >= 15 is 0 Å². The molecule has 0 aliphatic heterocycles. The van der Waals surface area contributed by atoms with E-state index < -0.39 is 0 Å². The highest BCUT2D eigenvalue weighted by atomic mass is 35.5. The molecule has 0 radical (unpaired) electrons. The summed E-state index contributed by atoms with van der Waals surface area (Å²) in [5.41, 5.74) is 2.69. The Labute approximate surface area is 133 Å². The minimum Gasteiger partial charge on any atom is -0.342 e. The second kappa shape index (κ2) is 5.48. The first-order valence-electron chi connectivity index (χ1n) is 7.34. The molecule has 1 aromatic carbocycles. The molecule has 108 valence electrons. The van der Waals surface area contributed by atoms with E-state index in [1.54, 1.807) is 11.3 Å². The first-order valence-corrected chi connectivity index (χ1v) is 8.53. The van der Waals surface area contributed by atoms with Crippen LogP contribution in [0.5, 0.6) is 0 Å². The summed E-state index contributed by atoms with van der Waals surface area (Å²) in [6, 6.07) is 13.6. The van der Waals surface area contributed by atoms with Gasteiger partial charge < -0.3 is 9.88 Å². The normalized spacial score (nSPS) is 14.9. The minimum absolute atomic E-state index is 0.746. The molecule has 0 amide bonds. The molecule has 0 saturated heterocycles. The summed E-state index contributed by atoms with van der Waals surface area (Å²) in [4.78, 5) is 1.29. The summed E-state index contributed by atoms with van der Waals surface area (Å²) in [6.45, 7) is 1.86. The lowest BCUT2D eigenvalue weighted by Crippen LogP contribution is -2.15. The SMILES string of the molecule is Clc1ccc(Cn2ccc3c(CNC4CC4)cccc32)s1. The molecule has 0 spiro atoms. The third-order valence-corrected chi connectivity index (χ3v) is 5.23. The van der Waals surface area contributed by atoms with E-state index in [2.05, 4.69) is 46.4 Å². The molecule has 0 bridgehead atoms. The van der Waals surface area contributed by atoms with Crippen molar-refractivity contribution in [2.24, 2.45) is 0 Å². The van der Waals surface area contributed by atoms with Gasteiger partial charge in [0.05, 0.1) is 10.9 Å². The number of rotatable bonds is 5. The van der Waals surface area contributed by atoms with Gasteiger partial charge in [0.25, 0.3) is 0 Å². The maximum Gasteiger partial charge on any atom is 0.0931 e. The topological polar surface area (TPSA) is 17.0 Å². The van der Waals surface area contributed by atoms with Crippen LogP contribution < -0.4 is 5.32 Å². The Hall–Kier alpha value is -1.29. The van der Waals surface area contributed by atoms with Crippen molar-refractivity contribution >= 4 is 33.8 Å². The molecule has 1 saturated carbocycles. The van der Waals surface area contributed by atoms with Gasteiger partial charge in [-0.1, -0.05) is 23.7 Å². The lowest BCUT2D eigenvalue weighted by molar-refractivity contribution is 0.691. The summed E-state index contributed by atoms with van der Waals surface area (Å²) < 4.78 is 3.16. The number of nitrogens with zero attached hydrogens (tertiary/aromatic N) is 1. The van der Waals surface area contributed by atoms with E-state index in [-0.39, 0.29) is 0 Å². The maximum absolute atomic E-state index is 6.02. The van der Waals surface area contributed by atoms with Gasteiger partial charge in [-0.2, -0.15) is 0 Å². The van der Waals surface area contributed by atoms with E-state index in [4.69, 9.17) is 11.6 Å². The molecule has 2 aromatic heterocycles. The molecule has 0 atom stereocenters. The Bertz CT molecular complexity index is 770. The van der Waals surface area contributed by atoms with Crippen LogP contribution in [-0.4, -0.2) is 10.6 Å². The van der Waals surface area contributed by atoms with Gasteiger partial charge in [-0.3, -0.25) is 0 Å². The highest BCUT2D eigenvalue weighted by Gasteiger charge is 2.20. The zero-order valence-electron chi connectivity index (χ0n) is 11.7. The highest BCUT2D eigenvalue weighted by molar-refractivity contribution is 7.16. The van der Waals surface area contributed by atoms with Gasteiger partial charge >= 0.3 is 0 Å². The fourth-order valence-electron chi connectivity index (χ4n) is 2.73. The standard InChI is InChI=1S/C17H17ClN2S/c18-17-7-6-14(21-17)11-20-9-8-15-12(2-1-3-16(15)20)10-19-13-4-5-13/h1-3,6-9,13,19H,4-5,10-11H2. The summed E-state index contributed by atoms with van der Waals surface area (Å²) in [6.07, 6.45) is 4.84. The first kappa shape index (κ1) is 13.4. The fourth-order valence-corrected chi connectivity index (χ4v) is 3.81. The molecule has 1 fully saturated rings. The Morgan fingerprint density at radius 3 is 2.86 bits per heavy atom. The smallest absolute Gasteiger partial charge is 0.0931 e. The average molecular weight is 317 g/mol. The largest absolute Gasteiger partial charge is 0.342 e. The van der Waals surface area contributed by atoms with Crippen molar-refractivity contribution in [3.63, 3.8) is 0 Å². The maximum atomic E-state index is 6.02. The Balaban J connectivity index is 1.62. The lowest BCUT2D eigenvalue weighted by Gasteiger charge is -2.07. The van der Waals surface area contributed by atoms with Gasteiger partial charge in [0.15, 0.2) is 0 Å². The fraction of sp³-hybridized carbons (Fsp3) is 0.294. The van der Waals surface area contributed by atoms with Gasteiger partial charge in [0.1, 0.15) is 0 Å². The van der Waals surface area contributed by atoms with Crippen molar-refractivity contribution in [1.29, 1.82) is 0 Å². The van der Waals surface area contributed by atoms with Crippen LogP contribution in [0.1, 0.15) is 23.3 Å². The third-order valence-electron chi connectivity index (χ3n) is 4.02. The molecule has 1 aliphatic rings. The van der Waals surface area contributed by atoms with E-state index in [1.165, 1.54) is 34.2 Å². The summed E-state index contributed by atoms with van der Waals surface area (Å²) >= 11 is 7.68. The molecular formula is C17H17ClN2S. The number of aromatic nitrogens is 1. The average Bonchev–Trinajstić information content (AvgIpc) is 3.10. The molecule has 2 nitrogen and oxygen atoms in total. The molecule has 4 heteroatoms. The number of nitrogens with one attached hydrogen (secondary N) is 1. The van der Waals surface area contributed by atoms with E-state index in [9.17, 15) is 0 Å². The zero-order chi connectivity index (χ0) is 14.2. The molecule has 1 N–H and O–H groups in total. The molecule has 1 aliphatic carbocycles. The van der Waals surface area contributed by atoms with Crippen LogP contribution in [0.3, 0.4) is 0 Å². The van der Waals surface area contributed by atoms with Gasteiger partial charge in [0.2, 0.25) is 0 Å². The minimum atomic E-state index is 0.746. The van der Waals surface area contributed by atoms with E-state index in [1.807, 2.05) is 6.07 Å². The monoisotopic (exact) mass is 316 g/mol. The van der Waals surface area contributed by atoms with Crippen LogP contribution in [0.25, 0.3) is 10.9 Å². The van der Waals surface area contributed by atoms with Crippen LogP contribution >= 0.6 is 22.9 Å². The van der Waals surface area contributed by atoms with E-state index in [0.717, 1.165) is 23.5 Å². The summed E-state index contributed by atoms with van der Waals surface area (Å²) in [7, 11) is 0. The Morgan fingerprint density at radius 1 is 1.19 bits per heavy atom. The van der Waals surface area contributed by atoms with Gasteiger partial charge in [-0.25, -0.2) is 0 Å². The highest BCUT2D eigenvalue weighted by Crippen LogP contribution is 2.26. The van der Waals surface area contributed by atoms with Crippen molar-refractivity contribution in [3.05, 3.63) is 57.4 Å². The number of fused-ring (bicyclic) bond motifs is 1. The molecule has 4 rings (SSSR count). The quantitative estimate of drug-likeness (QED) is 0.724. The van der Waals surface area contributed by atoms with Crippen LogP contribution in [-0.2, 0) is 13.1 Å². The Kier molecular flexibility index (Phi) is 3.49. The van der Waals surface area contributed by atoms with Crippen molar-refractivity contribution in [3.8, 4) is 0 Å². The Morgan fingerprint density at radius 2 is 2.10 bits per heavy atom.